The van der Waals surface area contributed by atoms with Gasteiger partial charge in [0.25, 0.3) is 0 Å². The Bertz CT molecular complexity index is 593. The van der Waals surface area contributed by atoms with Gasteiger partial charge in [-0.3, -0.25) is 4.79 Å². The predicted octanol–water partition coefficient (Wildman–Crippen LogP) is 1.97. The van der Waals surface area contributed by atoms with Crippen LogP contribution in [-0.2, 0) is 4.79 Å². The number of carbonyl (C=O) groups is 2. The van der Waals surface area contributed by atoms with Crippen molar-refractivity contribution in [3.8, 4) is 5.75 Å². The summed E-state index contributed by atoms with van der Waals surface area (Å²) < 4.78 is 5.55. The molecule has 0 atom stereocenters. The summed E-state index contributed by atoms with van der Waals surface area (Å²) in [6.07, 6.45) is 3.35. The van der Waals surface area contributed by atoms with Gasteiger partial charge < -0.3 is 19.9 Å². The smallest absolute Gasteiger partial charge is 0.317 e. The molecule has 6 nitrogen and oxygen atoms in total. The van der Waals surface area contributed by atoms with Crippen molar-refractivity contribution in [2.45, 2.75) is 13.8 Å². The van der Waals surface area contributed by atoms with Crippen LogP contribution < -0.4 is 10.1 Å². The lowest BCUT2D eigenvalue weighted by Crippen LogP contribution is -2.52. The molecule has 6 heteroatoms. The quantitative estimate of drug-likeness (QED) is 0.839. The number of ether oxygens (including phenoxy) is 1. The van der Waals surface area contributed by atoms with E-state index >= 15 is 0 Å². The maximum Gasteiger partial charge on any atom is 0.317 e. The molecule has 1 saturated heterocycles. The number of hydrogen-bond donors (Lipinski definition) is 1. The number of nitrogens with one attached hydrogen (secondary N) is 1. The molecular formula is C18H25N3O3. The Hall–Kier alpha value is -2.50. The van der Waals surface area contributed by atoms with Gasteiger partial charge in [0.05, 0.1) is 6.61 Å². The third-order valence-corrected chi connectivity index (χ3v) is 3.83. The minimum Gasteiger partial charge on any atom is -0.493 e. The highest BCUT2D eigenvalue weighted by atomic mass is 16.5. The first kappa shape index (κ1) is 17.8. The van der Waals surface area contributed by atoms with Crippen molar-refractivity contribution in [2.75, 3.05) is 39.3 Å². The van der Waals surface area contributed by atoms with Crippen molar-refractivity contribution < 1.29 is 14.3 Å². The van der Waals surface area contributed by atoms with Gasteiger partial charge in [0.1, 0.15) is 5.75 Å². The van der Waals surface area contributed by atoms with E-state index in [1.807, 2.05) is 38.1 Å². The van der Waals surface area contributed by atoms with E-state index in [-0.39, 0.29) is 11.9 Å². The highest BCUT2D eigenvalue weighted by Crippen LogP contribution is 2.19. The van der Waals surface area contributed by atoms with Crippen LogP contribution in [0.2, 0.25) is 0 Å². The first-order chi connectivity index (χ1) is 11.7. The fraction of sp³-hybridized carbons (Fsp3) is 0.444. The fourth-order valence-corrected chi connectivity index (χ4v) is 2.56. The molecule has 24 heavy (non-hydrogen) atoms. The lowest BCUT2D eigenvalue weighted by atomic mass is 10.2. The molecule has 0 saturated carbocycles. The second-order valence-corrected chi connectivity index (χ2v) is 5.45. The molecule has 0 aliphatic carbocycles. The lowest BCUT2D eigenvalue weighted by molar-refractivity contribution is -0.127. The maximum absolute atomic E-state index is 12.3. The topological polar surface area (TPSA) is 61.9 Å². The Morgan fingerprint density at radius 3 is 2.46 bits per heavy atom. The van der Waals surface area contributed by atoms with E-state index in [1.165, 1.54) is 0 Å². The molecule has 0 spiro atoms. The molecule has 1 aromatic rings. The summed E-state index contributed by atoms with van der Waals surface area (Å²) in [7, 11) is 0. The summed E-state index contributed by atoms with van der Waals surface area (Å²) in [5.74, 6) is 0.724. The maximum atomic E-state index is 12.3. The van der Waals surface area contributed by atoms with Crippen LogP contribution in [0.25, 0.3) is 6.08 Å². The van der Waals surface area contributed by atoms with Gasteiger partial charge in [0, 0.05) is 44.4 Å². The Balaban J connectivity index is 1.91. The average Bonchev–Trinajstić information content (AvgIpc) is 2.61. The molecular weight excluding hydrogens is 306 g/mol. The van der Waals surface area contributed by atoms with Gasteiger partial charge in [-0.25, -0.2) is 4.79 Å². The zero-order chi connectivity index (χ0) is 17.4. The Morgan fingerprint density at radius 2 is 1.79 bits per heavy atom. The van der Waals surface area contributed by atoms with E-state index < -0.39 is 0 Å². The highest BCUT2D eigenvalue weighted by Gasteiger charge is 2.22. The van der Waals surface area contributed by atoms with Crippen LogP contribution in [0.4, 0.5) is 4.79 Å². The molecule has 2 rings (SSSR count). The molecule has 0 aromatic heterocycles. The molecule has 1 aromatic carbocycles. The number of carbonyl (C=O) groups excluding carboxylic acids is 2. The van der Waals surface area contributed by atoms with Crippen molar-refractivity contribution in [1.82, 2.24) is 15.1 Å². The minimum absolute atomic E-state index is 0.0446. The molecule has 1 heterocycles. The van der Waals surface area contributed by atoms with Crippen molar-refractivity contribution >= 4 is 18.0 Å². The SMILES string of the molecule is CCNC(=O)N1CCN(C(=O)/C=C/c2ccccc2OCC)CC1. The summed E-state index contributed by atoms with van der Waals surface area (Å²) in [4.78, 5) is 27.6. The monoisotopic (exact) mass is 331 g/mol. The number of hydrogen-bond acceptors (Lipinski definition) is 3. The summed E-state index contributed by atoms with van der Waals surface area (Å²) in [5, 5.41) is 2.78. The first-order valence-corrected chi connectivity index (χ1v) is 8.37. The van der Waals surface area contributed by atoms with Gasteiger partial charge in [-0.2, -0.15) is 0 Å². The Kier molecular flexibility index (Phi) is 6.66. The van der Waals surface area contributed by atoms with Crippen molar-refractivity contribution in [1.29, 1.82) is 0 Å². The molecule has 0 bridgehead atoms. The third kappa shape index (κ3) is 4.75. The van der Waals surface area contributed by atoms with E-state index in [4.69, 9.17) is 4.74 Å². The van der Waals surface area contributed by atoms with E-state index in [0.29, 0.717) is 39.3 Å². The van der Waals surface area contributed by atoms with Gasteiger partial charge >= 0.3 is 6.03 Å². The molecule has 0 unspecified atom stereocenters. The number of benzene rings is 1. The van der Waals surface area contributed by atoms with Crippen LogP contribution in [0.3, 0.4) is 0 Å². The van der Waals surface area contributed by atoms with Gasteiger partial charge in [0.2, 0.25) is 5.91 Å². The van der Waals surface area contributed by atoms with Crippen molar-refractivity contribution in [3.05, 3.63) is 35.9 Å². The van der Waals surface area contributed by atoms with Crippen LogP contribution >= 0.6 is 0 Å². The molecule has 3 amide bonds. The van der Waals surface area contributed by atoms with Crippen molar-refractivity contribution in [3.63, 3.8) is 0 Å². The van der Waals surface area contributed by atoms with Gasteiger partial charge in [-0.15, -0.1) is 0 Å². The van der Waals surface area contributed by atoms with Crippen LogP contribution in [0.1, 0.15) is 19.4 Å². The minimum atomic E-state index is -0.0641. The second-order valence-electron chi connectivity index (χ2n) is 5.45. The third-order valence-electron chi connectivity index (χ3n) is 3.83. The van der Waals surface area contributed by atoms with Crippen LogP contribution in [0.5, 0.6) is 5.75 Å². The lowest BCUT2D eigenvalue weighted by Gasteiger charge is -2.34. The normalized spacial score (nSPS) is 14.8. The molecule has 0 radical (unpaired) electrons. The number of rotatable bonds is 5. The summed E-state index contributed by atoms with van der Waals surface area (Å²) >= 11 is 0. The first-order valence-electron chi connectivity index (χ1n) is 8.37. The fourth-order valence-electron chi connectivity index (χ4n) is 2.56. The Labute approximate surface area is 143 Å². The number of nitrogens with zero attached hydrogens (tertiary/aromatic N) is 2. The number of urea groups is 1. The number of para-hydroxylation sites is 1. The zero-order valence-electron chi connectivity index (χ0n) is 14.3. The van der Waals surface area contributed by atoms with Crippen LogP contribution in [-0.4, -0.2) is 61.1 Å². The van der Waals surface area contributed by atoms with Gasteiger partial charge in [-0.1, -0.05) is 18.2 Å². The average molecular weight is 331 g/mol. The van der Waals surface area contributed by atoms with Gasteiger partial charge in [0.15, 0.2) is 0 Å². The van der Waals surface area contributed by atoms with E-state index in [1.54, 1.807) is 22.0 Å². The van der Waals surface area contributed by atoms with Crippen molar-refractivity contribution in [2.24, 2.45) is 0 Å². The van der Waals surface area contributed by atoms with Crippen LogP contribution in [0, 0.1) is 0 Å². The summed E-state index contributed by atoms with van der Waals surface area (Å²) in [5.41, 5.74) is 0.883. The van der Waals surface area contributed by atoms with E-state index in [0.717, 1.165) is 11.3 Å². The molecule has 1 aliphatic rings. The van der Waals surface area contributed by atoms with Gasteiger partial charge in [-0.05, 0) is 26.0 Å². The Morgan fingerprint density at radius 1 is 1.12 bits per heavy atom. The number of piperazine rings is 1. The molecule has 1 N–H and O–H groups in total. The predicted molar refractivity (Wildman–Crippen MR) is 93.9 cm³/mol. The standard InChI is InChI=1S/C18H25N3O3/c1-3-19-18(23)21-13-11-20(12-14-21)17(22)10-9-15-7-5-6-8-16(15)24-4-2/h5-10H,3-4,11-14H2,1-2H3,(H,19,23)/b10-9+. The summed E-state index contributed by atoms with van der Waals surface area (Å²) in [6.45, 7) is 7.23. The molecule has 1 aliphatic heterocycles. The van der Waals surface area contributed by atoms with Crippen LogP contribution in [0.15, 0.2) is 30.3 Å². The largest absolute Gasteiger partial charge is 0.493 e. The highest BCUT2D eigenvalue weighted by molar-refractivity contribution is 5.92. The zero-order valence-corrected chi connectivity index (χ0v) is 14.3. The number of amides is 3. The molecule has 1 fully saturated rings. The second kappa shape index (κ2) is 8.96. The summed E-state index contributed by atoms with van der Waals surface area (Å²) in [6, 6.07) is 7.56. The molecule has 130 valence electrons. The van der Waals surface area contributed by atoms with E-state index in [2.05, 4.69) is 5.32 Å². The van der Waals surface area contributed by atoms with E-state index in [9.17, 15) is 9.59 Å².